The first-order chi connectivity index (χ1) is 20.9. The van der Waals surface area contributed by atoms with E-state index in [0.717, 1.165) is 0 Å². The van der Waals surface area contributed by atoms with Crippen molar-refractivity contribution in [1.29, 1.82) is 0 Å². The molecule has 2 atom stereocenters. The number of rotatable bonds is 33. The summed E-state index contributed by atoms with van der Waals surface area (Å²) in [5.41, 5.74) is 10.7. The maximum Gasteiger partial charge on any atom is 0.305 e. The first-order valence-corrected chi connectivity index (χ1v) is 15.0. The second-order valence-corrected chi connectivity index (χ2v) is 9.31. The van der Waals surface area contributed by atoms with Crippen LogP contribution in [-0.2, 0) is 42.8 Å². The molecule has 0 bridgehead atoms. The van der Waals surface area contributed by atoms with Crippen molar-refractivity contribution < 1.29 is 53.0 Å². The smallest absolute Gasteiger partial charge is 0.305 e. The highest BCUT2D eigenvalue weighted by molar-refractivity contribution is 5.81. The third-order valence-corrected chi connectivity index (χ3v) is 5.61. The van der Waals surface area contributed by atoms with E-state index in [1.165, 1.54) is 0 Å². The van der Waals surface area contributed by atoms with Crippen LogP contribution in [0.3, 0.4) is 0 Å². The topological polar surface area (TPSA) is 235 Å². The Kier molecular flexibility index (Phi) is 30.0. The molecule has 0 aliphatic carbocycles. The molecule has 254 valence electrons. The van der Waals surface area contributed by atoms with E-state index in [9.17, 15) is 19.5 Å². The molecular formula is C27H55N5O11. The van der Waals surface area contributed by atoms with Crippen molar-refractivity contribution >= 4 is 17.8 Å². The Labute approximate surface area is 254 Å². The number of ether oxygens (including phenoxy) is 6. The lowest BCUT2D eigenvalue weighted by Gasteiger charge is -2.22. The van der Waals surface area contributed by atoms with Gasteiger partial charge in [-0.3, -0.25) is 19.7 Å². The molecule has 1 unspecified atom stereocenters. The molecule has 2 amide bonds. The SMILES string of the molecule is NCCOCCOCCC(=O)NCCCC[C@@H](NC(O)CCOCCOCCN)C(=O)NCCOCCOCCC(=O)O. The predicted octanol–water partition coefficient (Wildman–Crippen LogP) is -2.06. The average Bonchev–Trinajstić information content (AvgIpc) is 2.98. The molecule has 43 heavy (non-hydrogen) atoms. The second-order valence-electron chi connectivity index (χ2n) is 9.31. The van der Waals surface area contributed by atoms with Gasteiger partial charge in [-0.2, -0.15) is 0 Å². The van der Waals surface area contributed by atoms with Gasteiger partial charge in [-0.1, -0.05) is 0 Å². The molecule has 16 heteroatoms. The monoisotopic (exact) mass is 625 g/mol. The quantitative estimate of drug-likeness (QED) is 0.0307. The number of nitrogens with one attached hydrogen (secondary N) is 3. The van der Waals surface area contributed by atoms with Crippen LogP contribution in [0.4, 0.5) is 0 Å². The summed E-state index contributed by atoms with van der Waals surface area (Å²) < 4.78 is 31.8. The number of aliphatic carboxylic acids is 1. The summed E-state index contributed by atoms with van der Waals surface area (Å²) >= 11 is 0. The fourth-order valence-electron chi connectivity index (χ4n) is 3.42. The summed E-state index contributed by atoms with van der Waals surface area (Å²) in [5.74, 6) is -1.33. The number of hydrogen-bond donors (Lipinski definition) is 7. The largest absolute Gasteiger partial charge is 0.481 e. The molecule has 0 saturated heterocycles. The number of hydrogen-bond acceptors (Lipinski definition) is 13. The molecular weight excluding hydrogens is 570 g/mol. The molecule has 9 N–H and O–H groups in total. The first kappa shape index (κ1) is 41.0. The molecule has 0 radical (unpaired) electrons. The van der Waals surface area contributed by atoms with Crippen molar-refractivity contribution in [3.05, 3.63) is 0 Å². The van der Waals surface area contributed by atoms with Gasteiger partial charge in [0, 0.05) is 39.0 Å². The van der Waals surface area contributed by atoms with Crippen LogP contribution >= 0.6 is 0 Å². The molecule has 0 saturated carbocycles. The van der Waals surface area contributed by atoms with Crippen molar-refractivity contribution in [2.75, 3.05) is 105 Å². The van der Waals surface area contributed by atoms with Gasteiger partial charge in [0.25, 0.3) is 0 Å². The van der Waals surface area contributed by atoms with Crippen LogP contribution in [0.15, 0.2) is 0 Å². The molecule has 0 aliphatic rings. The number of carboxylic acid groups (broad SMARTS) is 1. The number of aliphatic hydroxyl groups is 1. The molecule has 0 heterocycles. The van der Waals surface area contributed by atoms with E-state index in [-0.39, 0.29) is 70.7 Å². The third kappa shape index (κ3) is 29.8. The number of carboxylic acids is 1. The van der Waals surface area contributed by atoms with Crippen LogP contribution in [0, 0.1) is 0 Å². The summed E-state index contributed by atoms with van der Waals surface area (Å²) in [4.78, 5) is 35.3. The lowest BCUT2D eigenvalue weighted by atomic mass is 10.1. The minimum absolute atomic E-state index is 0.0700. The van der Waals surface area contributed by atoms with E-state index in [4.69, 9.17) is 45.0 Å². The molecule has 0 aromatic heterocycles. The molecule has 0 spiro atoms. The number of nitrogens with two attached hydrogens (primary N) is 2. The zero-order valence-electron chi connectivity index (χ0n) is 25.4. The van der Waals surface area contributed by atoms with Crippen LogP contribution < -0.4 is 27.4 Å². The molecule has 0 aromatic carbocycles. The Morgan fingerprint density at radius 1 is 0.605 bits per heavy atom. The lowest BCUT2D eigenvalue weighted by molar-refractivity contribution is -0.138. The van der Waals surface area contributed by atoms with E-state index in [2.05, 4.69) is 16.0 Å². The van der Waals surface area contributed by atoms with Crippen LogP contribution in [0.25, 0.3) is 0 Å². The zero-order chi connectivity index (χ0) is 31.8. The Morgan fingerprint density at radius 3 is 1.72 bits per heavy atom. The van der Waals surface area contributed by atoms with Gasteiger partial charge in [0.05, 0.1) is 91.7 Å². The molecule has 0 aliphatic heterocycles. The highest BCUT2D eigenvalue weighted by atomic mass is 16.5. The van der Waals surface area contributed by atoms with Crippen LogP contribution in [0.2, 0.25) is 0 Å². The summed E-state index contributed by atoms with van der Waals surface area (Å²) in [7, 11) is 0. The van der Waals surface area contributed by atoms with Crippen molar-refractivity contribution in [2.24, 2.45) is 11.5 Å². The highest BCUT2D eigenvalue weighted by Gasteiger charge is 2.20. The van der Waals surface area contributed by atoms with Crippen molar-refractivity contribution in [3.63, 3.8) is 0 Å². The zero-order valence-corrected chi connectivity index (χ0v) is 25.4. The normalized spacial score (nSPS) is 12.6. The van der Waals surface area contributed by atoms with Gasteiger partial charge >= 0.3 is 5.97 Å². The second kappa shape index (κ2) is 31.4. The van der Waals surface area contributed by atoms with E-state index in [0.29, 0.717) is 85.1 Å². The van der Waals surface area contributed by atoms with Gasteiger partial charge < -0.3 is 60.7 Å². The maximum atomic E-state index is 12.8. The van der Waals surface area contributed by atoms with Crippen molar-refractivity contribution in [3.8, 4) is 0 Å². The third-order valence-electron chi connectivity index (χ3n) is 5.61. The first-order valence-electron chi connectivity index (χ1n) is 15.0. The Balaban J connectivity index is 4.32. The molecule has 16 nitrogen and oxygen atoms in total. The van der Waals surface area contributed by atoms with Gasteiger partial charge in [0.2, 0.25) is 11.8 Å². The van der Waals surface area contributed by atoms with Crippen molar-refractivity contribution in [1.82, 2.24) is 16.0 Å². The summed E-state index contributed by atoms with van der Waals surface area (Å²) in [6.07, 6.45) is 1.22. The molecule has 0 fully saturated rings. The van der Waals surface area contributed by atoms with Crippen LogP contribution in [0.1, 0.15) is 38.5 Å². The number of carbonyl (C=O) groups excluding carboxylic acids is 2. The van der Waals surface area contributed by atoms with Gasteiger partial charge in [0.15, 0.2) is 0 Å². The standard InChI is InChI=1S/C27H55N5O11/c28-7-14-41-20-17-38-11-4-24(33)30-9-2-1-3-23(32-25(34)5-12-39-18-21-42-15-8-29)27(37)31-10-16-43-22-19-40-13-6-26(35)36/h23,25,32,34H,1-22,28-29H2,(H,30,33)(H,31,37)(H,35,36)/t23-,25?/m1/s1. The van der Waals surface area contributed by atoms with Crippen molar-refractivity contribution in [2.45, 2.75) is 50.8 Å². The predicted molar refractivity (Wildman–Crippen MR) is 157 cm³/mol. The van der Waals surface area contributed by atoms with E-state index in [1.54, 1.807) is 0 Å². The molecule has 0 aromatic rings. The van der Waals surface area contributed by atoms with E-state index >= 15 is 0 Å². The van der Waals surface area contributed by atoms with E-state index < -0.39 is 18.2 Å². The van der Waals surface area contributed by atoms with Gasteiger partial charge in [0.1, 0.15) is 6.23 Å². The lowest BCUT2D eigenvalue weighted by Crippen LogP contribution is -2.49. The maximum absolute atomic E-state index is 12.8. The summed E-state index contributed by atoms with van der Waals surface area (Å²) in [6, 6.07) is -0.659. The highest BCUT2D eigenvalue weighted by Crippen LogP contribution is 2.04. The number of unbranched alkanes of at least 4 members (excludes halogenated alkanes) is 1. The fraction of sp³-hybridized carbons (Fsp3) is 0.889. The molecule has 0 rings (SSSR count). The van der Waals surface area contributed by atoms with E-state index in [1.807, 2.05) is 0 Å². The number of carbonyl (C=O) groups is 3. The summed E-state index contributed by atoms with van der Waals surface area (Å²) in [6.45, 7) is 5.65. The number of aliphatic hydroxyl groups excluding tert-OH is 1. The number of amides is 2. The Morgan fingerprint density at radius 2 is 1.14 bits per heavy atom. The van der Waals surface area contributed by atoms with Crippen LogP contribution in [0.5, 0.6) is 0 Å². The van der Waals surface area contributed by atoms with Gasteiger partial charge in [-0.05, 0) is 19.3 Å². The summed E-state index contributed by atoms with van der Waals surface area (Å²) in [5, 5.41) is 27.6. The van der Waals surface area contributed by atoms with Gasteiger partial charge in [-0.25, -0.2) is 0 Å². The fourth-order valence-corrected chi connectivity index (χ4v) is 3.42. The average molecular weight is 626 g/mol. The minimum Gasteiger partial charge on any atom is -0.481 e. The van der Waals surface area contributed by atoms with Gasteiger partial charge in [-0.15, -0.1) is 0 Å². The Bertz CT molecular complexity index is 679. The minimum atomic E-state index is -0.958. The van der Waals surface area contributed by atoms with Crippen LogP contribution in [-0.4, -0.2) is 146 Å². The Hall–Kier alpha value is -1.99.